The van der Waals surface area contributed by atoms with Gasteiger partial charge in [0.25, 0.3) is 0 Å². The molecule has 0 saturated heterocycles. The van der Waals surface area contributed by atoms with Crippen molar-refractivity contribution in [1.29, 1.82) is 0 Å². The van der Waals surface area contributed by atoms with Crippen molar-refractivity contribution in [2.45, 2.75) is 64.8 Å². The highest BCUT2D eigenvalue weighted by molar-refractivity contribution is 5.80. The molecule has 4 heteroatoms. The summed E-state index contributed by atoms with van der Waals surface area (Å²) in [6.07, 6.45) is 18.2. The Morgan fingerprint density at radius 2 is 1.49 bits per heavy atom. The maximum absolute atomic E-state index is 4.73. The van der Waals surface area contributed by atoms with Gasteiger partial charge < -0.3 is 9.13 Å². The van der Waals surface area contributed by atoms with Crippen LogP contribution in [0.3, 0.4) is 0 Å². The molecule has 4 nitrogen and oxygen atoms in total. The fourth-order valence-corrected chi connectivity index (χ4v) is 9.22. The first-order valence-corrected chi connectivity index (χ1v) is 14.3. The quantitative estimate of drug-likeness (QED) is 0.268. The Hall–Kier alpha value is -3.14. The highest BCUT2D eigenvalue weighted by Gasteiger charge is 2.57. The molecule has 4 aromatic rings. The van der Waals surface area contributed by atoms with E-state index < -0.39 is 0 Å². The summed E-state index contributed by atoms with van der Waals surface area (Å²) in [5.74, 6) is 2.31. The first-order chi connectivity index (χ1) is 18.1. The van der Waals surface area contributed by atoms with E-state index in [1.807, 2.05) is 0 Å². The Balaban J connectivity index is 1.09. The zero-order chi connectivity index (χ0) is 24.8. The number of allylic oxidation sites excluding steroid dienone is 4. The lowest BCUT2D eigenvalue weighted by molar-refractivity contribution is -0.0150. The largest absolute Gasteiger partial charge is 0.327 e. The number of aromatic nitrogens is 4. The van der Waals surface area contributed by atoms with Crippen LogP contribution in [0.25, 0.3) is 27.8 Å². The van der Waals surface area contributed by atoms with Crippen molar-refractivity contribution in [3.05, 3.63) is 78.9 Å². The van der Waals surface area contributed by atoms with Crippen LogP contribution in [0.15, 0.2) is 78.9 Å². The summed E-state index contributed by atoms with van der Waals surface area (Å²) in [5.41, 5.74) is 8.58. The first-order valence-electron chi connectivity index (χ1n) is 14.3. The minimum Gasteiger partial charge on any atom is -0.327 e. The second kappa shape index (κ2) is 7.69. The van der Waals surface area contributed by atoms with Gasteiger partial charge in [-0.2, -0.15) is 0 Å². The van der Waals surface area contributed by atoms with Crippen molar-refractivity contribution in [3.8, 4) is 0 Å². The molecule has 188 valence electrons. The number of hydrogen-bond donors (Lipinski definition) is 0. The molecule has 2 heterocycles. The number of para-hydroxylation sites is 4. The topological polar surface area (TPSA) is 35.6 Å². The lowest BCUT2D eigenvalue weighted by Gasteiger charge is -2.58. The molecule has 4 aliphatic carbocycles. The van der Waals surface area contributed by atoms with E-state index in [1.54, 1.807) is 5.57 Å². The highest BCUT2D eigenvalue weighted by atomic mass is 15.1. The van der Waals surface area contributed by atoms with E-state index in [1.165, 1.54) is 61.7 Å². The fraction of sp³-hybridized carbons (Fsp3) is 0.455. The molecular weight excluding hydrogens is 452 g/mol. The molecule has 6 atom stereocenters. The van der Waals surface area contributed by atoms with Gasteiger partial charge >= 0.3 is 0 Å². The van der Waals surface area contributed by atoms with Gasteiger partial charge in [0.1, 0.15) is 6.33 Å². The van der Waals surface area contributed by atoms with E-state index >= 15 is 0 Å². The van der Waals surface area contributed by atoms with Crippen LogP contribution in [0.5, 0.6) is 0 Å². The SMILES string of the molecule is C[C@]12CC[C@@H](n3cnc4ccccc43)CC1=CC[C@@H]1[C@@H]2CC[C@]2(C)C(n3cnc4ccccc43)=CC[C@@H]12. The Morgan fingerprint density at radius 1 is 0.757 bits per heavy atom. The monoisotopic (exact) mass is 488 g/mol. The molecule has 2 aromatic carbocycles. The third kappa shape index (κ3) is 2.96. The van der Waals surface area contributed by atoms with E-state index in [0.717, 1.165) is 28.8 Å². The van der Waals surface area contributed by atoms with Crippen LogP contribution < -0.4 is 0 Å². The smallest absolute Gasteiger partial charge is 0.100 e. The van der Waals surface area contributed by atoms with Gasteiger partial charge in [-0.25, -0.2) is 9.97 Å². The molecule has 0 aliphatic heterocycles. The number of rotatable bonds is 2. The van der Waals surface area contributed by atoms with Gasteiger partial charge in [0.15, 0.2) is 0 Å². The maximum Gasteiger partial charge on any atom is 0.100 e. The summed E-state index contributed by atoms with van der Waals surface area (Å²) < 4.78 is 4.87. The first kappa shape index (κ1) is 21.9. The summed E-state index contributed by atoms with van der Waals surface area (Å²) in [4.78, 5) is 9.43. The second-order valence-corrected chi connectivity index (χ2v) is 12.7. The van der Waals surface area contributed by atoms with Crippen LogP contribution in [0.2, 0.25) is 0 Å². The minimum atomic E-state index is 0.235. The molecular formula is C33H36N4. The molecule has 0 bridgehead atoms. The van der Waals surface area contributed by atoms with Gasteiger partial charge in [0, 0.05) is 17.2 Å². The minimum absolute atomic E-state index is 0.235. The summed E-state index contributed by atoms with van der Waals surface area (Å²) >= 11 is 0. The Labute approximate surface area is 219 Å². The summed E-state index contributed by atoms with van der Waals surface area (Å²) in [6.45, 7) is 5.18. The van der Waals surface area contributed by atoms with Gasteiger partial charge in [0.05, 0.1) is 28.4 Å². The number of nitrogens with zero attached hydrogens (tertiary/aromatic N) is 4. The number of imidazole rings is 2. The van der Waals surface area contributed by atoms with Crippen LogP contribution in [-0.4, -0.2) is 19.1 Å². The number of benzene rings is 2. The molecule has 0 unspecified atom stereocenters. The van der Waals surface area contributed by atoms with Crippen molar-refractivity contribution >= 4 is 27.8 Å². The Bertz CT molecular complexity index is 1590. The van der Waals surface area contributed by atoms with E-state index in [9.17, 15) is 0 Å². The predicted octanol–water partition coefficient (Wildman–Crippen LogP) is 8.04. The van der Waals surface area contributed by atoms with Crippen LogP contribution in [-0.2, 0) is 0 Å². The summed E-state index contributed by atoms with van der Waals surface area (Å²) in [7, 11) is 0. The molecule has 0 amide bonds. The molecule has 0 N–H and O–H groups in total. The third-order valence-corrected chi connectivity index (χ3v) is 11.2. The molecule has 37 heavy (non-hydrogen) atoms. The Kier molecular flexibility index (Phi) is 4.55. The van der Waals surface area contributed by atoms with Crippen molar-refractivity contribution < 1.29 is 0 Å². The van der Waals surface area contributed by atoms with Gasteiger partial charge in [-0.1, -0.05) is 55.8 Å². The average molecular weight is 489 g/mol. The number of hydrogen-bond acceptors (Lipinski definition) is 2. The zero-order valence-electron chi connectivity index (χ0n) is 22.0. The Morgan fingerprint density at radius 3 is 2.35 bits per heavy atom. The van der Waals surface area contributed by atoms with E-state index in [4.69, 9.17) is 9.97 Å². The van der Waals surface area contributed by atoms with E-state index in [0.29, 0.717) is 11.5 Å². The number of fused-ring (bicyclic) bond motifs is 7. The van der Waals surface area contributed by atoms with Gasteiger partial charge in [-0.15, -0.1) is 0 Å². The van der Waals surface area contributed by atoms with E-state index in [-0.39, 0.29) is 5.41 Å². The van der Waals surface area contributed by atoms with Crippen molar-refractivity contribution in [1.82, 2.24) is 19.1 Å². The third-order valence-electron chi connectivity index (χ3n) is 11.2. The highest BCUT2D eigenvalue weighted by Crippen LogP contribution is 2.66. The summed E-state index contributed by atoms with van der Waals surface area (Å²) in [5, 5.41) is 0. The van der Waals surface area contributed by atoms with Crippen LogP contribution in [0, 0.1) is 28.6 Å². The molecule has 0 radical (unpaired) electrons. The lowest BCUT2D eigenvalue weighted by Crippen LogP contribution is -2.49. The van der Waals surface area contributed by atoms with Gasteiger partial charge in [-0.3, -0.25) is 0 Å². The van der Waals surface area contributed by atoms with Crippen molar-refractivity contribution in [2.75, 3.05) is 0 Å². The maximum atomic E-state index is 4.73. The van der Waals surface area contributed by atoms with Crippen LogP contribution in [0.4, 0.5) is 0 Å². The van der Waals surface area contributed by atoms with Crippen LogP contribution in [0.1, 0.15) is 64.8 Å². The molecule has 0 spiro atoms. The molecule has 2 saturated carbocycles. The van der Waals surface area contributed by atoms with E-state index in [2.05, 4.69) is 96.3 Å². The standard InChI is InChI=1S/C33H36N4/c1-32-17-15-23(36-20-34-27-7-3-5-9-29(27)36)19-22(32)11-12-24-25-13-14-31(33(25,2)18-16-26(24)32)37-21-35-28-8-4-6-10-30(28)37/h3-11,14,20-21,23-26H,12-13,15-19H2,1-2H3/t23-,24+,25+,26+,32+,33+/m1/s1. The van der Waals surface area contributed by atoms with Gasteiger partial charge in [0.2, 0.25) is 0 Å². The predicted molar refractivity (Wildman–Crippen MR) is 150 cm³/mol. The molecule has 2 aromatic heterocycles. The molecule has 2 fully saturated rings. The van der Waals surface area contributed by atoms with Crippen LogP contribution >= 0.6 is 0 Å². The zero-order valence-corrected chi connectivity index (χ0v) is 22.0. The lowest BCUT2D eigenvalue weighted by atomic mass is 9.47. The van der Waals surface area contributed by atoms with Crippen molar-refractivity contribution in [2.24, 2.45) is 28.6 Å². The normalized spacial score (nSPS) is 35.1. The summed E-state index contributed by atoms with van der Waals surface area (Å²) in [6, 6.07) is 17.7. The molecule has 4 aliphatic rings. The average Bonchev–Trinajstić information content (AvgIpc) is 3.63. The van der Waals surface area contributed by atoms with Gasteiger partial charge in [-0.05, 0) is 92.4 Å². The second-order valence-electron chi connectivity index (χ2n) is 12.7. The fourth-order valence-electron chi connectivity index (χ4n) is 9.22. The van der Waals surface area contributed by atoms with Crippen molar-refractivity contribution in [3.63, 3.8) is 0 Å². The molecule has 8 rings (SSSR count).